The molecule has 2 N–H and O–H groups in total. The molecule has 5 nitrogen and oxygen atoms in total. The van der Waals surface area contributed by atoms with Crippen LogP contribution in [0.1, 0.15) is 22.9 Å². The highest BCUT2D eigenvalue weighted by molar-refractivity contribution is 7.22. The van der Waals surface area contributed by atoms with Crippen molar-refractivity contribution in [2.24, 2.45) is 0 Å². The van der Waals surface area contributed by atoms with Gasteiger partial charge in [0.2, 0.25) is 0 Å². The number of methoxy groups -OCH3 is 1. The summed E-state index contributed by atoms with van der Waals surface area (Å²) in [7, 11) is 1.69. The Bertz CT molecular complexity index is 1660. The van der Waals surface area contributed by atoms with Gasteiger partial charge in [0.15, 0.2) is 0 Å². The van der Waals surface area contributed by atoms with E-state index in [1.54, 1.807) is 29.8 Å². The average Bonchev–Trinajstić information content (AvgIpc) is 3.74. The van der Waals surface area contributed by atoms with Gasteiger partial charge < -0.3 is 14.7 Å². The molecule has 0 unspecified atom stereocenters. The zero-order valence-electron chi connectivity index (χ0n) is 19.9. The van der Waals surface area contributed by atoms with Gasteiger partial charge in [0.05, 0.1) is 44.8 Å². The van der Waals surface area contributed by atoms with Crippen LogP contribution in [0, 0.1) is 0 Å². The summed E-state index contributed by atoms with van der Waals surface area (Å²) in [6, 6.07) is 33.4. The van der Waals surface area contributed by atoms with Crippen molar-refractivity contribution in [1.29, 1.82) is 0 Å². The molecule has 7 rings (SSSR count). The molecule has 0 saturated carbocycles. The molecular formula is C30H22N4OS2. The number of ether oxygens (including phenoxy) is 1. The Morgan fingerprint density at radius 3 is 1.62 bits per heavy atom. The van der Waals surface area contributed by atoms with Crippen LogP contribution in [-0.4, -0.2) is 27.0 Å². The van der Waals surface area contributed by atoms with Gasteiger partial charge in [-0.3, -0.25) is 0 Å². The highest BCUT2D eigenvalue weighted by Gasteiger charge is 2.22. The summed E-state index contributed by atoms with van der Waals surface area (Å²) < 4.78 is 7.78. The first-order valence-electron chi connectivity index (χ1n) is 12.0. The largest absolute Gasteiger partial charge is 0.497 e. The molecule has 4 heterocycles. The lowest BCUT2D eigenvalue weighted by Crippen LogP contribution is -2.04. The van der Waals surface area contributed by atoms with Gasteiger partial charge in [-0.1, -0.05) is 36.4 Å². The summed E-state index contributed by atoms with van der Waals surface area (Å²) in [6.07, 6.45) is 0. The van der Waals surface area contributed by atoms with E-state index < -0.39 is 0 Å². The lowest BCUT2D eigenvalue weighted by Gasteiger charge is -2.16. The quantitative estimate of drug-likeness (QED) is 0.234. The maximum absolute atomic E-state index is 5.41. The second-order valence-corrected chi connectivity index (χ2v) is 10.9. The predicted molar refractivity (Wildman–Crippen MR) is 153 cm³/mol. The smallest absolute Gasteiger partial charge is 0.140 e. The zero-order chi connectivity index (χ0) is 24.8. The minimum Gasteiger partial charge on any atom is -0.497 e. The van der Waals surface area contributed by atoms with Gasteiger partial charge in [0, 0.05) is 11.4 Å². The second-order valence-electron chi connectivity index (χ2n) is 8.83. The summed E-state index contributed by atoms with van der Waals surface area (Å²) in [4.78, 5) is 17.0. The number of nitrogens with one attached hydrogen (secondary N) is 2. The Hall–Kier alpha value is -4.20. The van der Waals surface area contributed by atoms with Gasteiger partial charge in [0.25, 0.3) is 0 Å². The van der Waals surface area contributed by atoms with Crippen LogP contribution in [0.3, 0.4) is 0 Å². The Labute approximate surface area is 221 Å². The normalized spacial score (nSPS) is 11.6. The topological polar surface area (TPSA) is 66.6 Å². The monoisotopic (exact) mass is 518 g/mol. The SMILES string of the molecule is COc1ccc(C(c2ccc(-c3nc4ccccc4s3)[nH]2)c2ccc(-c3nc4ccccc4s3)[nH]2)cc1. The third-order valence-electron chi connectivity index (χ3n) is 6.54. The van der Waals surface area contributed by atoms with Gasteiger partial charge in [-0.25, -0.2) is 9.97 Å². The summed E-state index contributed by atoms with van der Waals surface area (Å²) in [5.41, 5.74) is 7.44. The minimum absolute atomic E-state index is 0.0165. The fourth-order valence-electron chi connectivity index (χ4n) is 4.71. The van der Waals surface area contributed by atoms with E-state index in [-0.39, 0.29) is 5.92 Å². The Balaban J connectivity index is 1.30. The number of hydrogen-bond acceptors (Lipinski definition) is 5. The minimum atomic E-state index is -0.0165. The number of hydrogen-bond donors (Lipinski definition) is 2. The molecule has 7 aromatic rings. The van der Waals surface area contributed by atoms with E-state index in [0.717, 1.165) is 55.1 Å². The van der Waals surface area contributed by atoms with Crippen LogP contribution >= 0.6 is 22.7 Å². The van der Waals surface area contributed by atoms with Crippen molar-refractivity contribution < 1.29 is 4.74 Å². The summed E-state index contributed by atoms with van der Waals surface area (Å²) in [6.45, 7) is 0. The number of thiazole rings is 2. The van der Waals surface area contributed by atoms with Crippen molar-refractivity contribution in [2.45, 2.75) is 5.92 Å². The summed E-state index contributed by atoms with van der Waals surface area (Å²) in [5, 5.41) is 1.98. The van der Waals surface area contributed by atoms with E-state index in [1.165, 1.54) is 9.40 Å². The second kappa shape index (κ2) is 9.03. The van der Waals surface area contributed by atoms with Crippen molar-refractivity contribution in [3.63, 3.8) is 0 Å². The third-order valence-corrected chi connectivity index (χ3v) is 8.68. The molecule has 0 saturated heterocycles. The fraction of sp³-hybridized carbons (Fsp3) is 0.0667. The van der Waals surface area contributed by atoms with Gasteiger partial charge in [-0.2, -0.15) is 0 Å². The molecule has 37 heavy (non-hydrogen) atoms. The van der Waals surface area contributed by atoms with Crippen LogP contribution in [0.15, 0.2) is 97.1 Å². The van der Waals surface area contributed by atoms with Gasteiger partial charge in [-0.15, -0.1) is 22.7 Å². The molecule has 0 aliphatic heterocycles. The molecule has 0 fully saturated rings. The van der Waals surface area contributed by atoms with E-state index in [1.807, 2.05) is 24.3 Å². The van der Waals surface area contributed by atoms with E-state index >= 15 is 0 Å². The number of rotatable bonds is 6. The Kier molecular flexibility index (Phi) is 5.38. The lowest BCUT2D eigenvalue weighted by molar-refractivity contribution is 0.414. The first-order chi connectivity index (χ1) is 18.2. The molecule has 0 spiro atoms. The summed E-state index contributed by atoms with van der Waals surface area (Å²) >= 11 is 3.40. The molecule has 3 aromatic carbocycles. The third kappa shape index (κ3) is 4.02. The molecule has 0 aliphatic rings. The van der Waals surface area contributed by atoms with Gasteiger partial charge >= 0.3 is 0 Å². The zero-order valence-corrected chi connectivity index (χ0v) is 21.6. The van der Waals surface area contributed by atoms with Gasteiger partial charge in [-0.05, 0) is 66.2 Å². The van der Waals surface area contributed by atoms with Crippen molar-refractivity contribution in [1.82, 2.24) is 19.9 Å². The number of para-hydroxylation sites is 2. The lowest BCUT2D eigenvalue weighted by atomic mass is 9.92. The molecule has 0 atom stereocenters. The standard InChI is InChI=1S/C30H22N4OS2/c1-35-19-12-10-18(11-13-19)28(22-14-16-24(31-22)29-33-20-6-2-4-8-26(20)36-29)23-15-17-25(32-23)30-34-21-7-3-5-9-27(21)37-30/h2-17,28,31-32H,1H3. The maximum Gasteiger partial charge on any atom is 0.140 e. The predicted octanol–water partition coefficient (Wildman–Crippen LogP) is 8.09. The molecule has 180 valence electrons. The van der Waals surface area contributed by atoms with Crippen LogP contribution in [-0.2, 0) is 0 Å². The molecule has 4 aromatic heterocycles. The molecule has 0 aliphatic carbocycles. The van der Waals surface area contributed by atoms with Crippen molar-refractivity contribution in [3.05, 3.63) is 114 Å². The van der Waals surface area contributed by atoms with Crippen LogP contribution in [0.5, 0.6) is 5.75 Å². The molecule has 0 bridgehead atoms. The number of benzene rings is 3. The molecule has 0 radical (unpaired) electrons. The van der Waals surface area contributed by atoms with Crippen LogP contribution in [0.4, 0.5) is 0 Å². The first-order valence-corrected chi connectivity index (χ1v) is 13.6. The maximum atomic E-state index is 5.41. The van der Waals surface area contributed by atoms with E-state index in [2.05, 4.69) is 82.8 Å². The number of nitrogens with zero attached hydrogens (tertiary/aromatic N) is 2. The van der Waals surface area contributed by atoms with Crippen molar-refractivity contribution in [3.8, 4) is 27.2 Å². The Morgan fingerprint density at radius 2 is 1.14 bits per heavy atom. The van der Waals surface area contributed by atoms with Gasteiger partial charge in [0.1, 0.15) is 15.8 Å². The fourth-order valence-corrected chi connectivity index (χ4v) is 6.60. The number of fused-ring (bicyclic) bond motifs is 2. The highest BCUT2D eigenvalue weighted by atomic mass is 32.1. The number of aromatic nitrogens is 4. The van der Waals surface area contributed by atoms with E-state index in [4.69, 9.17) is 14.7 Å². The average molecular weight is 519 g/mol. The highest BCUT2D eigenvalue weighted by Crippen LogP contribution is 2.37. The molecular weight excluding hydrogens is 496 g/mol. The molecule has 7 heteroatoms. The van der Waals surface area contributed by atoms with E-state index in [9.17, 15) is 0 Å². The first kappa shape index (κ1) is 22.0. The van der Waals surface area contributed by atoms with Crippen molar-refractivity contribution >= 4 is 43.1 Å². The summed E-state index contributed by atoms with van der Waals surface area (Å²) in [5.74, 6) is 0.822. The van der Waals surface area contributed by atoms with Crippen LogP contribution in [0.2, 0.25) is 0 Å². The number of H-pyrrole nitrogens is 2. The Morgan fingerprint density at radius 1 is 0.622 bits per heavy atom. The van der Waals surface area contributed by atoms with E-state index in [0.29, 0.717) is 0 Å². The molecule has 0 amide bonds. The van der Waals surface area contributed by atoms with Crippen LogP contribution < -0.4 is 4.74 Å². The number of aromatic amines is 2. The van der Waals surface area contributed by atoms with Crippen molar-refractivity contribution in [2.75, 3.05) is 7.11 Å². The van der Waals surface area contributed by atoms with Crippen LogP contribution in [0.25, 0.3) is 41.8 Å².